The van der Waals surface area contributed by atoms with Crippen LogP contribution in [0.15, 0.2) is 36.5 Å². The van der Waals surface area contributed by atoms with Crippen LogP contribution in [0.25, 0.3) is 10.9 Å². The van der Waals surface area contributed by atoms with Gasteiger partial charge in [0.2, 0.25) is 0 Å². The number of rotatable bonds is 2. The van der Waals surface area contributed by atoms with Gasteiger partial charge in [0.25, 0.3) is 0 Å². The lowest BCUT2D eigenvalue weighted by atomic mass is 9.60. The highest BCUT2D eigenvalue weighted by Crippen LogP contribution is 2.48. The van der Waals surface area contributed by atoms with Crippen LogP contribution in [0.4, 0.5) is 0 Å². The molecule has 1 aliphatic carbocycles. The Morgan fingerprint density at radius 2 is 1.56 bits per heavy atom. The summed E-state index contributed by atoms with van der Waals surface area (Å²) < 4.78 is 5.91. The SMILES string of the molecule is CC(C)(C)[C@@H]1CC(C(=O)Oc2cccc3ncccc23)C[C@H](C(C)(C)C)C1. The van der Waals surface area contributed by atoms with Crippen molar-refractivity contribution in [3.63, 3.8) is 0 Å². The minimum Gasteiger partial charge on any atom is -0.426 e. The fourth-order valence-corrected chi connectivity index (χ4v) is 4.28. The minimum atomic E-state index is -0.0884. The van der Waals surface area contributed by atoms with Gasteiger partial charge in [0.15, 0.2) is 0 Å². The van der Waals surface area contributed by atoms with Gasteiger partial charge in [0.1, 0.15) is 5.75 Å². The fraction of sp³-hybridized carbons (Fsp3) is 0.583. The first-order valence-electron chi connectivity index (χ1n) is 10.1. The first-order chi connectivity index (χ1) is 12.6. The average Bonchev–Trinajstić information content (AvgIpc) is 2.60. The number of esters is 1. The first kappa shape index (κ1) is 19.9. The molecule has 0 N–H and O–H groups in total. The van der Waals surface area contributed by atoms with Crippen LogP contribution in [0.5, 0.6) is 5.75 Å². The molecule has 1 heterocycles. The molecule has 3 heteroatoms. The van der Waals surface area contributed by atoms with Crippen LogP contribution in [0.3, 0.4) is 0 Å². The molecule has 2 aromatic rings. The highest BCUT2D eigenvalue weighted by atomic mass is 16.5. The quantitative estimate of drug-likeness (QED) is 0.464. The Bertz CT molecular complexity index is 786. The lowest BCUT2D eigenvalue weighted by molar-refractivity contribution is -0.142. The lowest BCUT2D eigenvalue weighted by Crippen LogP contribution is -2.39. The molecule has 146 valence electrons. The Labute approximate surface area is 163 Å². The molecule has 0 amide bonds. The van der Waals surface area contributed by atoms with E-state index in [2.05, 4.69) is 46.5 Å². The third-order valence-electron chi connectivity index (χ3n) is 6.31. The maximum Gasteiger partial charge on any atom is 0.314 e. The van der Waals surface area contributed by atoms with Gasteiger partial charge >= 0.3 is 5.97 Å². The molecule has 0 radical (unpaired) electrons. The molecule has 1 unspecified atom stereocenters. The molecule has 0 aliphatic heterocycles. The first-order valence-corrected chi connectivity index (χ1v) is 10.1. The van der Waals surface area contributed by atoms with E-state index in [-0.39, 0.29) is 22.7 Å². The van der Waals surface area contributed by atoms with Gasteiger partial charge in [-0.1, -0.05) is 47.6 Å². The average molecular weight is 368 g/mol. The van der Waals surface area contributed by atoms with Gasteiger partial charge in [0.05, 0.1) is 11.4 Å². The number of pyridine rings is 1. The van der Waals surface area contributed by atoms with E-state index in [0.29, 0.717) is 17.6 Å². The molecule has 0 spiro atoms. The number of carbonyl (C=O) groups excluding carboxylic acids is 1. The monoisotopic (exact) mass is 367 g/mol. The summed E-state index contributed by atoms with van der Waals surface area (Å²) >= 11 is 0. The number of fused-ring (bicyclic) bond motifs is 1. The zero-order valence-electron chi connectivity index (χ0n) is 17.6. The number of ether oxygens (including phenoxy) is 1. The molecule has 3 atom stereocenters. The summed E-state index contributed by atoms with van der Waals surface area (Å²) in [4.78, 5) is 17.5. The van der Waals surface area contributed by atoms with Crippen molar-refractivity contribution in [2.75, 3.05) is 0 Å². The minimum absolute atomic E-state index is 0.0425. The smallest absolute Gasteiger partial charge is 0.314 e. The predicted octanol–water partition coefficient (Wildman–Crippen LogP) is 6.26. The van der Waals surface area contributed by atoms with Crippen LogP contribution in [-0.4, -0.2) is 11.0 Å². The summed E-state index contributed by atoms with van der Waals surface area (Å²) in [6, 6.07) is 9.55. The van der Waals surface area contributed by atoms with Crippen molar-refractivity contribution in [3.05, 3.63) is 36.5 Å². The van der Waals surface area contributed by atoms with Crippen LogP contribution in [0.2, 0.25) is 0 Å². The van der Waals surface area contributed by atoms with E-state index >= 15 is 0 Å². The summed E-state index contributed by atoms with van der Waals surface area (Å²) in [5, 5.41) is 0.893. The Hall–Kier alpha value is -1.90. The number of aromatic nitrogens is 1. The van der Waals surface area contributed by atoms with Crippen molar-refractivity contribution in [1.29, 1.82) is 0 Å². The second-order valence-electron chi connectivity index (χ2n) is 10.3. The molecule has 1 fully saturated rings. The topological polar surface area (TPSA) is 39.2 Å². The zero-order chi connectivity index (χ0) is 19.8. The predicted molar refractivity (Wildman–Crippen MR) is 111 cm³/mol. The molecule has 3 nitrogen and oxygen atoms in total. The molecule has 3 rings (SSSR count). The van der Waals surface area contributed by atoms with E-state index in [1.54, 1.807) is 6.20 Å². The van der Waals surface area contributed by atoms with Crippen molar-refractivity contribution in [2.45, 2.75) is 60.8 Å². The van der Waals surface area contributed by atoms with Gasteiger partial charge in [-0.3, -0.25) is 9.78 Å². The Morgan fingerprint density at radius 3 is 2.15 bits per heavy atom. The fourth-order valence-electron chi connectivity index (χ4n) is 4.28. The van der Waals surface area contributed by atoms with Crippen LogP contribution < -0.4 is 4.74 Å². The number of nitrogens with zero attached hydrogens (tertiary/aromatic N) is 1. The Balaban J connectivity index is 1.83. The van der Waals surface area contributed by atoms with Crippen molar-refractivity contribution in [3.8, 4) is 5.75 Å². The van der Waals surface area contributed by atoms with E-state index in [9.17, 15) is 4.79 Å². The zero-order valence-corrected chi connectivity index (χ0v) is 17.6. The molecule has 1 saturated carbocycles. The number of benzene rings is 1. The Morgan fingerprint density at radius 1 is 0.926 bits per heavy atom. The number of carbonyl (C=O) groups is 1. The van der Waals surface area contributed by atoms with Gasteiger partial charge in [-0.05, 0) is 66.2 Å². The Kier molecular flexibility index (Phi) is 5.33. The van der Waals surface area contributed by atoms with Gasteiger partial charge in [-0.2, -0.15) is 0 Å². The molecule has 27 heavy (non-hydrogen) atoms. The lowest BCUT2D eigenvalue weighted by Gasteiger charge is -2.45. The van der Waals surface area contributed by atoms with E-state index in [1.165, 1.54) is 6.42 Å². The van der Waals surface area contributed by atoms with Gasteiger partial charge < -0.3 is 4.74 Å². The summed E-state index contributed by atoms with van der Waals surface area (Å²) in [6.45, 7) is 13.8. The van der Waals surface area contributed by atoms with Crippen molar-refractivity contribution in [1.82, 2.24) is 4.98 Å². The molecule has 1 aliphatic rings. The van der Waals surface area contributed by atoms with Crippen LogP contribution in [0.1, 0.15) is 60.8 Å². The summed E-state index contributed by atoms with van der Waals surface area (Å²) in [6.07, 6.45) is 4.78. The second-order valence-corrected chi connectivity index (χ2v) is 10.3. The van der Waals surface area contributed by atoms with E-state index < -0.39 is 0 Å². The standard InChI is InChI=1S/C24H33NO2/c1-23(2,3)17-13-16(14-18(15-17)24(4,5)6)22(26)27-21-11-7-10-20-19(21)9-8-12-25-20/h7-12,16-18H,13-15H2,1-6H3/t16?,17-,18+. The van der Waals surface area contributed by atoms with Crippen molar-refractivity contribution in [2.24, 2.45) is 28.6 Å². The number of hydrogen-bond acceptors (Lipinski definition) is 3. The normalized spacial score (nSPS) is 24.0. The van der Waals surface area contributed by atoms with Gasteiger partial charge in [-0.25, -0.2) is 0 Å². The summed E-state index contributed by atoms with van der Waals surface area (Å²) in [5.74, 6) is 1.55. The van der Waals surface area contributed by atoms with Gasteiger partial charge in [-0.15, -0.1) is 0 Å². The highest BCUT2D eigenvalue weighted by molar-refractivity contribution is 5.88. The van der Waals surface area contributed by atoms with Gasteiger partial charge in [0, 0.05) is 11.6 Å². The van der Waals surface area contributed by atoms with Crippen LogP contribution in [0, 0.1) is 28.6 Å². The largest absolute Gasteiger partial charge is 0.426 e. The summed E-state index contributed by atoms with van der Waals surface area (Å²) in [7, 11) is 0. The highest BCUT2D eigenvalue weighted by Gasteiger charge is 2.42. The number of hydrogen-bond donors (Lipinski definition) is 0. The molecular weight excluding hydrogens is 334 g/mol. The molecule has 1 aromatic carbocycles. The van der Waals surface area contributed by atoms with E-state index in [4.69, 9.17) is 4.74 Å². The van der Waals surface area contributed by atoms with E-state index in [0.717, 1.165) is 23.7 Å². The van der Waals surface area contributed by atoms with Crippen LogP contribution >= 0.6 is 0 Å². The molecular formula is C24H33NO2. The summed E-state index contributed by atoms with van der Waals surface area (Å²) in [5.41, 5.74) is 1.25. The third kappa shape index (κ3) is 4.51. The molecule has 0 bridgehead atoms. The van der Waals surface area contributed by atoms with Crippen molar-refractivity contribution >= 4 is 16.9 Å². The second kappa shape index (κ2) is 7.26. The maximum absolute atomic E-state index is 13.1. The molecule has 1 aromatic heterocycles. The van der Waals surface area contributed by atoms with E-state index in [1.807, 2.05) is 30.3 Å². The third-order valence-corrected chi connectivity index (χ3v) is 6.31. The molecule has 0 saturated heterocycles. The van der Waals surface area contributed by atoms with Crippen molar-refractivity contribution < 1.29 is 9.53 Å². The maximum atomic E-state index is 13.1. The van der Waals surface area contributed by atoms with Crippen LogP contribution in [-0.2, 0) is 4.79 Å².